The van der Waals surface area contributed by atoms with E-state index >= 15 is 0 Å². The first-order chi connectivity index (χ1) is 10.5. The normalized spacial score (nSPS) is 12.3. The van der Waals surface area contributed by atoms with Crippen molar-refractivity contribution in [1.82, 2.24) is 0 Å². The molecule has 6 heteroatoms. The molecule has 0 radical (unpaired) electrons. The lowest BCUT2D eigenvalue weighted by atomic mass is 10.2. The summed E-state index contributed by atoms with van der Waals surface area (Å²) in [6.45, 7) is 4.01. The van der Waals surface area contributed by atoms with Crippen LogP contribution in [0.2, 0.25) is 0 Å². The van der Waals surface area contributed by atoms with Gasteiger partial charge in [-0.2, -0.15) is 0 Å². The van der Waals surface area contributed by atoms with Gasteiger partial charge in [-0.05, 0) is 43.4 Å². The molecule has 2 aromatic rings. The Labute approximate surface area is 133 Å². The molecule has 0 saturated heterocycles. The number of unbranched alkanes of at least 4 members (excludes halogenated alkanes) is 1. The van der Waals surface area contributed by atoms with E-state index in [1.165, 1.54) is 6.07 Å². The molecule has 118 valence electrons. The molecule has 1 aromatic carbocycles. The van der Waals surface area contributed by atoms with Crippen LogP contribution in [-0.4, -0.2) is 28.0 Å². The Morgan fingerprint density at radius 3 is 2.82 bits per heavy atom. The number of aromatic carboxylic acids is 1. The summed E-state index contributed by atoms with van der Waals surface area (Å²) in [5, 5.41) is 12.3. The van der Waals surface area contributed by atoms with Crippen LogP contribution >= 0.6 is 11.8 Å². The van der Waals surface area contributed by atoms with Crippen LogP contribution < -0.4 is 5.32 Å². The highest BCUT2D eigenvalue weighted by molar-refractivity contribution is 8.00. The average molecular weight is 321 g/mol. The molecule has 0 fully saturated rings. The molecule has 0 aliphatic rings. The number of thioether (sulfide) groups is 1. The summed E-state index contributed by atoms with van der Waals surface area (Å²) in [4.78, 5) is 23.0. The molecule has 0 aliphatic carbocycles. The SMILES string of the molecule is CCCCSC(C)C(=O)Nc1ccc2oc(C(=O)O)cc2c1. The van der Waals surface area contributed by atoms with Crippen LogP contribution in [0.4, 0.5) is 5.69 Å². The largest absolute Gasteiger partial charge is 0.475 e. The molecule has 0 aliphatic heterocycles. The molecule has 1 aromatic heterocycles. The molecule has 1 unspecified atom stereocenters. The van der Waals surface area contributed by atoms with Gasteiger partial charge in [-0.25, -0.2) is 4.79 Å². The molecule has 0 bridgehead atoms. The van der Waals surface area contributed by atoms with Crippen molar-refractivity contribution in [3.63, 3.8) is 0 Å². The second kappa shape index (κ2) is 7.35. The predicted molar refractivity (Wildman–Crippen MR) is 88.6 cm³/mol. The highest BCUT2D eigenvalue weighted by Crippen LogP contribution is 2.24. The number of anilines is 1. The number of carboxylic acid groups (broad SMARTS) is 1. The minimum atomic E-state index is -1.11. The van der Waals surface area contributed by atoms with Crippen LogP contribution in [0.15, 0.2) is 28.7 Å². The summed E-state index contributed by atoms with van der Waals surface area (Å²) < 4.78 is 5.19. The summed E-state index contributed by atoms with van der Waals surface area (Å²) in [7, 11) is 0. The number of amides is 1. The minimum absolute atomic E-state index is 0.0533. The summed E-state index contributed by atoms with van der Waals surface area (Å²) in [5.74, 6) is -0.305. The number of nitrogens with one attached hydrogen (secondary N) is 1. The molecule has 0 saturated carbocycles. The van der Waals surface area contributed by atoms with Gasteiger partial charge in [0.25, 0.3) is 0 Å². The van der Waals surface area contributed by atoms with Crippen LogP contribution in [0.3, 0.4) is 0 Å². The molecule has 0 spiro atoms. The van der Waals surface area contributed by atoms with Gasteiger partial charge in [-0.1, -0.05) is 13.3 Å². The minimum Gasteiger partial charge on any atom is -0.475 e. The van der Waals surface area contributed by atoms with Gasteiger partial charge in [0.15, 0.2) is 0 Å². The third-order valence-corrected chi connectivity index (χ3v) is 4.47. The number of furan rings is 1. The van der Waals surface area contributed by atoms with Crippen molar-refractivity contribution < 1.29 is 19.1 Å². The summed E-state index contributed by atoms with van der Waals surface area (Å²) in [6, 6.07) is 6.53. The van der Waals surface area contributed by atoms with E-state index in [-0.39, 0.29) is 16.9 Å². The lowest BCUT2D eigenvalue weighted by Crippen LogP contribution is -2.22. The van der Waals surface area contributed by atoms with E-state index < -0.39 is 5.97 Å². The van der Waals surface area contributed by atoms with Gasteiger partial charge in [0.1, 0.15) is 5.58 Å². The lowest BCUT2D eigenvalue weighted by molar-refractivity contribution is -0.115. The fourth-order valence-corrected chi connectivity index (χ4v) is 2.97. The molecule has 22 heavy (non-hydrogen) atoms. The summed E-state index contributed by atoms with van der Waals surface area (Å²) in [6.07, 6.45) is 2.21. The van der Waals surface area contributed by atoms with Crippen LogP contribution in [0, 0.1) is 0 Å². The van der Waals surface area contributed by atoms with E-state index in [4.69, 9.17) is 9.52 Å². The number of hydrogen-bond acceptors (Lipinski definition) is 4. The van der Waals surface area contributed by atoms with E-state index in [9.17, 15) is 9.59 Å². The van der Waals surface area contributed by atoms with E-state index in [0.29, 0.717) is 16.7 Å². The standard InChI is InChI=1S/C16H19NO4S/c1-3-4-7-22-10(2)15(18)17-12-5-6-13-11(8-12)9-14(21-13)16(19)20/h5-6,8-10H,3-4,7H2,1-2H3,(H,17,18)(H,19,20). The number of rotatable bonds is 7. The van der Waals surface area contributed by atoms with Gasteiger partial charge < -0.3 is 14.8 Å². The smallest absolute Gasteiger partial charge is 0.371 e. The van der Waals surface area contributed by atoms with E-state index in [1.54, 1.807) is 30.0 Å². The van der Waals surface area contributed by atoms with Crippen molar-refractivity contribution in [3.8, 4) is 0 Å². The maximum atomic E-state index is 12.1. The molecule has 1 atom stereocenters. The number of carboxylic acids is 1. The molecule has 1 heterocycles. The summed E-state index contributed by atoms with van der Waals surface area (Å²) in [5.41, 5.74) is 1.12. The molecule has 5 nitrogen and oxygen atoms in total. The third-order valence-electron chi connectivity index (χ3n) is 3.23. The van der Waals surface area contributed by atoms with Gasteiger partial charge in [0.05, 0.1) is 5.25 Å². The van der Waals surface area contributed by atoms with Crippen molar-refractivity contribution >= 4 is 40.3 Å². The highest BCUT2D eigenvalue weighted by Gasteiger charge is 2.15. The quantitative estimate of drug-likeness (QED) is 0.754. The fourth-order valence-electron chi connectivity index (χ4n) is 1.95. The van der Waals surface area contributed by atoms with Gasteiger partial charge >= 0.3 is 5.97 Å². The topological polar surface area (TPSA) is 79.5 Å². The Hall–Kier alpha value is -1.95. The van der Waals surface area contributed by atoms with E-state index in [2.05, 4.69) is 12.2 Å². The Balaban J connectivity index is 2.04. The number of carbonyl (C=O) groups is 2. The Kier molecular flexibility index (Phi) is 5.49. The van der Waals surface area contributed by atoms with Crippen molar-refractivity contribution in [2.24, 2.45) is 0 Å². The Bertz CT molecular complexity index is 680. The maximum Gasteiger partial charge on any atom is 0.371 e. The van der Waals surface area contributed by atoms with Gasteiger partial charge in [0, 0.05) is 11.1 Å². The van der Waals surface area contributed by atoms with Crippen molar-refractivity contribution in [1.29, 1.82) is 0 Å². The fraction of sp³-hybridized carbons (Fsp3) is 0.375. The molecular formula is C16H19NO4S. The van der Waals surface area contributed by atoms with Crippen LogP contribution in [0.1, 0.15) is 37.2 Å². The van der Waals surface area contributed by atoms with E-state index in [1.807, 2.05) is 6.92 Å². The van der Waals surface area contributed by atoms with Crippen molar-refractivity contribution in [2.45, 2.75) is 31.9 Å². The zero-order valence-electron chi connectivity index (χ0n) is 12.6. The second-order valence-electron chi connectivity index (χ2n) is 5.02. The number of benzene rings is 1. The van der Waals surface area contributed by atoms with E-state index in [0.717, 1.165) is 18.6 Å². The third kappa shape index (κ3) is 4.04. The molecule has 2 N–H and O–H groups in total. The Morgan fingerprint density at radius 1 is 1.36 bits per heavy atom. The molecular weight excluding hydrogens is 302 g/mol. The number of carbonyl (C=O) groups excluding carboxylic acids is 1. The first-order valence-electron chi connectivity index (χ1n) is 7.20. The zero-order chi connectivity index (χ0) is 16.1. The van der Waals surface area contributed by atoms with Gasteiger partial charge in [-0.3, -0.25) is 4.79 Å². The monoisotopic (exact) mass is 321 g/mol. The summed E-state index contributed by atoms with van der Waals surface area (Å²) >= 11 is 1.63. The van der Waals surface area contributed by atoms with Crippen molar-refractivity contribution in [3.05, 3.63) is 30.0 Å². The molecule has 1 amide bonds. The van der Waals surface area contributed by atoms with Crippen LogP contribution in [0.25, 0.3) is 11.0 Å². The van der Waals surface area contributed by atoms with Gasteiger partial charge in [-0.15, -0.1) is 11.8 Å². The number of hydrogen-bond donors (Lipinski definition) is 2. The van der Waals surface area contributed by atoms with Crippen molar-refractivity contribution in [2.75, 3.05) is 11.1 Å². The maximum absolute atomic E-state index is 12.1. The van der Waals surface area contributed by atoms with Crippen LogP contribution in [-0.2, 0) is 4.79 Å². The predicted octanol–water partition coefficient (Wildman–Crippen LogP) is 3.99. The first kappa shape index (κ1) is 16.4. The first-order valence-corrected chi connectivity index (χ1v) is 8.25. The zero-order valence-corrected chi connectivity index (χ0v) is 13.4. The highest BCUT2D eigenvalue weighted by atomic mass is 32.2. The average Bonchev–Trinajstić information content (AvgIpc) is 2.90. The molecule has 2 rings (SSSR count). The van der Waals surface area contributed by atoms with Gasteiger partial charge in [0.2, 0.25) is 11.7 Å². The Morgan fingerprint density at radius 2 is 2.14 bits per heavy atom. The second-order valence-corrected chi connectivity index (χ2v) is 6.47. The van der Waals surface area contributed by atoms with Crippen LogP contribution in [0.5, 0.6) is 0 Å². The number of fused-ring (bicyclic) bond motifs is 1. The lowest BCUT2D eigenvalue weighted by Gasteiger charge is -2.11.